The first-order chi connectivity index (χ1) is 12.7. The fraction of sp³-hybridized carbons (Fsp3) is 0.381. The number of hydrogen-bond acceptors (Lipinski definition) is 4. The number of amides is 1. The number of benzene rings is 2. The molecule has 1 aliphatic heterocycles. The Morgan fingerprint density at radius 1 is 1.12 bits per heavy atom. The third kappa shape index (κ3) is 4.35. The summed E-state index contributed by atoms with van der Waals surface area (Å²) in [6.45, 7) is 6.48. The molecule has 0 bridgehead atoms. The Labute approximate surface area is 154 Å². The van der Waals surface area contributed by atoms with Gasteiger partial charge in [-0.3, -0.25) is 4.79 Å². The van der Waals surface area contributed by atoms with Gasteiger partial charge >= 0.3 is 0 Å². The van der Waals surface area contributed by atoms with Gasteiger partial charge in [-0.1, -0.05) is 31.2 Å². The number of hydrogen-bond donors (Lipinski definition) is 2. The summed E-state index contributed by atoms with van der Waals surface area (Å²) in [5.41, 5.74) is 0.532. The molecule has 1 fully saturated rings. The van der Waals surface area contributed by atoms with Gasteiger partial charge in [-0.2, -0.15) is 0 Å². The molecule has 2 aromatic rings. The first-order valence-corrected chi connectivity index (χ1v) is 9.19. The summed E-state index contributed by atoms with van der Waals surface area (Å²) in [6.07, 6.45) is 0.934. The average Bonchev–Trinajstić information content (AvgIpc) is 2.66. The standard InChI is InChI=1S/C21H26N2O3/c1-3-25-19-10-6-7-11-20(19)26-18-9-5-4-8-16(18)21(24)23-17-12-13-22-14-15(17)2/h4-11,15,17,22H,3,12-14H2,1-2H3,(H,23,24). The van der Waals surface area contributed by atoms with Crippen molar-refractivity contribution in [3.8, 4) is 17.2 Å². The fourth-order valence-corrected chi connectivity index (χ4v) is 3.15. The van der Waals surface area contributed by atoms with Gasteiger partial charge in [0.15, 0.2) is 11.5 Å². The predicted octanol–water partition coefficient (Wildman–Crippen LogP) is 3.61. The smallest absolute Gasteiger partial charge is 0.255 e. The first-order valence-electron chi connectivity index (χ1n) is 9.19. The number of rotatable bonds is 6. The van der Waals surface area contributed by atoms with Crippen molar-refractivity contribution >= 4 is 5.91 Å². The van der Waals surface area contributed by atoms with Gasteiger partial charge in [0, 0.05) is 6.04 Å². The van der Waals surface area contributed by atoms with Gasteiger partial charge in [0.05, 0.1) is 12.2 Å². The number of nitrogens with one attached hydrogen (secondary N) is 2. The van der Waals surface area contributed by atoms with Crippen molar-refractivity contribution in [2.75, 3.05) is 19.7 Å². The van der Waals surface area contributed by atoms with Crippen LogP contribution in [0.5, 0.6) is 17.2 Å². The molecule has 26 heavy (non-hydrogen) atoms. The van der Waals surface area contributed by atoms with E-state index in [1.807, 2.05) is 49.4 Å². The second-order valence-electron chi connectivity index (χ2n) is 6.53. The van der Waals surface area contributed by atoms with Crippen molar-refractivity contribution in [1.29, 1.82) is 0 Å². The molecule has 1 saturated heterocycles. The van der Waals surface area contributed by atoms with E-state index in [9.17, 15) is 4.79 Å². The van der Waals surface area contributed by atoms with E-state index < -0.39 is 0 Å². The monoisotopic (exact) mass is 354 g/mol. The zero-order valence-electron chi connectivity index (χ0n) is 15.3. The molecular formula is C21H26N2O3. The zero-order valence-corrected chi connectivity index (χ0v) is 15.3. The van der Waals surface area contributed by atoms with Crippen molar-refractivity contribution < 1.29 is 14.3 Å². The SMILES string of the molecule is CCOc1ccccc1Oc1ccccc1C(=O)NC1CCNCC1C. The van der Waals surface area contributed by atoms with Crippen molar-refractivity contribution in [2.45, 2.75) is 26.3 Å². The van der Waals surface area contributed by atoms with Gasteiger partial charge in [-0.05, 0) is 56.6 Å². The van der Waals surface area contributed by atoms with Crippen LogP contribution in [0, 0.1) is 5.92 Å². The van der Waals surface area contributed by atoms with Crippen LogP contribution in [0.1, 0.15) is 30.6 Å². The topological polar surface area (TPSA) is 59.6 Å². The Bertz CT molecular complexity index is 748. The lowest BCUT2D eigenvalue weighted by atomic mass is 9.95. The summed E-state index contributed by atoms with van der Waals surface area (Å²) in [5.74, 6) is 2.09. The van der Waals surface area contributed by atoms with E-state index in [0.29, 0.717) is 35.3 Å². The van der Waals surface area contributed by atoms with E-state index in [4.69, 9.17) is 9.47 Å². The molecule has 3 rings (SSSR count). The van der Waals surface area contributed by atoms with Crippen LogP contribution >= 0.6 is 0 Å². The summed E-state index contributed by atoms with van der Waals surface area (Å²) in [6, 6.07) is 15.0. The molecule has 5 heteroatoms. The molecule has 138 valence electrons. The second-order valence-corrected chi connectivity index (χ2v) is 6.53. The van der Waals surface area contributed by atoms with Gasteiger partial charge < -0.3 is 20.1 Å². The summed E-state index contributed by atoms with van der Waals surface area (Å²) >= 11 is 0. The van der Waals surface area contributed by atoms with E-state index in [2.05, 4.69) is 17.6 Å². The quantitative estimate of drug-likeness (QED) is 0.832. The van der Waals surface area contributed by atoms with E-state index in [-0.39, 0.29) is 11.9 Å². The Morgan fingerprint density at radius 2 is 1.81 bits per heavy atom. The minimum Gasteiger partial charge on any atom is -0.490 e. The van der Waals surface area contributed by atoms with Crippen LogP contribution in [-0.2, 0) is 0 Å². The van der Waals surface area contributed by atoms with Crippen LogP contribution < -0.4 is 20.1 Å². The van der Waals surface area contributed by atoms with E-state index in [0.717, 1.165) is 19.5 Å². The molecule has 2 aromatic carbocycles. The van der Waals surface area contributed by atoms with Crippen LogP contribution in [0.25, 0.3) is 0 Å². The second kappa shape index (κ2) is 8.72. The summed E-state index contributed by atoms with van der Waals surface area (Å²) < 4.78 is 11.6. The fourth-order valence-electron chi connectivity index (χ4n) is 3.15. The van der Waals surface area contributed by atoms with Crippen molar-refractivity contribution in [3.63, 3.8) is 0 Å². The highest BCUT2D eigenvalue weighted by Crippen LogP contribution is 2.33. The third-order valence-electron chi connectivity index (χ3n) is 4.60. The largest absolute Gasteiger partial charge is 0.490 e. The maximum atomic E-state index is 12.8. The Hall–Kier alpha value is -2.53. The van der Waals surface area contributed by atoms with Gasteiger partial charge in [0.1, 0.15) is 5.75 Å². The molecule has 0 aromatic heterocycles. The van der Waals surface area contributed by atoms with Gasteiger partial charge in [-0.15, -0.1) is 0 Å². The highest BCUT2D eigenvalue weighted by Gasteiger charge is 2.24. The summed E-state index contributed by atoms with van der Waals surface area (Å²) in [7, 11) is 0. The lowest BCUT2D eigenvalue weighted by Crippen LogP contribution is -2.48. The van der Waals surface area contributed by atoms with Crippen molar-refractivity contribution in [3.05, 3.63) is 54.1 Å². The molecular weight excluding hydrogens is 328 g/mol. The van der Waals surface area contributed by atoms with Crippen LogP contribution in [0.15, 0.2) is 48.5 Å². The van der Waals surface area contributed by atoms with Crippen molar-refractivity contribution in [1.82, 2.24) is 10.6 Å². The first kappa shape index (κ1) is 18.3. The van der Waals surface area contributed by atoms with Crippen LogP contribution in [0.2, 0.25) is 0 Å². The third-order valence-corrected chi connectivity index (χ3v) is 4.60. The number of ether oxygens (including phenoxy) is 2. The number of carbonyl (C=O) groups is 1. The van der Waals surface area contributed by atoms with Crippen LogP contribution in [-0.4, -0.2) is 31.6 Å². The minimum atomic E-state index is -0.103. The Morgan fingerprint density at radius 3 is 2.54 bits per heavy atom. The molecule has 0 spiro atoms. The number of carbonyl (C=O) groups excluding carboxylic acids is 1. The highest BCUT2D eigenvalue weighted by atomic mass is 16.5. The molecule has 1 amide bonds. The molecule has 2 N–H and O–H groups in total. The Kier molecular flexibility index (Phi) is 6.12. The summed E-state index contributed by atoms with van der Waals surface area (Å²) in [4.78, 5) is 12.8. The van der Waals surface area contributed by atoms with E-state index >= 15 is 0 Å². The van der Waals surface area contributed by atoms with Gasteiger partial charge in [0.2, 0.25) is 0 Å². The lowest BCUT2D eigenvalue weighted by Gasteiger charge is -2.30. The summed E-state index contributed by atoms with van der Waals surface area (Å²) in [5, 5.41) is 6.51. The van der Waals surface area contributed by atoms with Gasteiger partial charge in [-0.25, -0.2) is 0 Å². The van der Waals surface area contributed by atoms with Crippen LogP contribution in [0.4, 0.5) is 0 Å². The molecule has 0 aliphatic carbocycles. The van der Waals surface area contributed by atoms with Crippen molar-refractivity contribution in [2.24, 2.45) is 5.92 Å². The molecule has 1 heterocycles. The Balaban J connectivity index is 1.79. The maximum absolute atomic E-state index is 12.8. The predicted molar refractivity (Wildman–Crippen MR) is 102 cm³/mol. The minimum absolute atomic E-state index is 0.103. The normalized spacial score (nSPS) is 19.6. The van der Waals surface area contributed by atoms with Crippen LogP contribution in [0.3, 0.4) is 0 Å². The molecule has 2 unspecified atom stereocenters. The maximum Gasteiger partial charge on any atom is 0.255 e. The molecule has 0 radical (unpaired) electrons. The number of piperidine rings is 1. The molecule has 0 saturated carbocycles. The van der Waals surface area contributed by atoms with Gasteiger partial charge in [0.25, 0.3) is 5.91 Å². The molecule has 2 atom stereocenters. The zero-order chi connectivity index (χ0) is 18.4. The molecule has 5 nitrogen and oxygen atoms in total. The highest BCUT2D eigenvalue weighted by molar-refractivity contribution is 5.97. The molecule has 1 aliphatic rings. The van der Waals surface area contributed by atoms with E-state index in [1.165, 1.54) is 0 Å². The lowest BCUT2D eigenvalue weighted by molar-refractivity contribution is 0.0911. The van der Waals surface area contributed by atoms with E-state index in [1.54, 1.807) is 6.07 Å². The number of para-hydroxylation sites is 3. The average molecular weight is 354 g/mol.